The summed E-state index contributed by atoms with van der Waals surface area (Å²) < 4.78 is 44.1. The largest absolute Gasteiger partial charge is 0.207 e. The van der Waals surface area contributed by atoms with Crippen molar-refractivity contribution in [2.24, 2.45) is 17.8 Å². The molecule has 4 rings (SSSR count). The monoisotopic (exact) mass is 476 g/mol. The molecule has 2 aliphatic carbocycles. The van der Waals surface area contributed by atoms with Crippen LogP contribution in [0.1, 0.15) is 86.0 Å². The van der Waals surface area contributed by atoms with Gasteiger partial charge in [-0.05, 0) is 117 Å². The van der Waals surface area contributed by atoms with Crippen LogP contribution in [-0.4, -0.2) is 0 Å². The van der Waals surface area contributed by atoms with Crippen LogP contribution in [0.25, 0.3) is 0 Å². The molecule has 4 unspecified atom stereocenters. The molecule has 0 saturated heterocycles. The minimum atomic E-state index is -0.633. The molecule has 35 heavy (non-hydrogen) atoms. The first-order valence-electron chi connectivity index (χ1n) is 13.0. The average molecular weight is 477 g/mol. The van der Waals surface area contributed by atoms with Crippen LogP contribution in [0.5, 0.6) is 0 Å². The summed E-state index contributed by atoms with van der Waals surface area (Å²) in [5, 5.41) is 0. The first kappa shape index (κ1) is 25.4. The summed E-state index contributed by atoms with van der Waals surface area (Å²) >= 11 is 0. The van der Waals surface area contributed by atoms with E-state index in [1.807, 2.05) is 6.08 Å². The van der Waals surface area contributed by atoms with E-state index in [1.54, 1.807) is 18.2 Å². The van der Waals surface area contributed by atoms with Crippen molar-refractivity contribution >= 4 is 0 Å². The summed E-state index contributed by atoms with van der Waals surface area (Å²) in [4.78, 5) is 0. The van der Waals surface area contributed by atoms with Gasteiger partial charge in [0.05, 0.1) is 5.56 Å². The fourth-order valence-electron chi connectivity index (χ4n) is 6.07. The molecule has 2 aliphatic rings. The third-order valence-electron chi connectivity index (χ3n) is 8.04. The molecule has 0 heterocycles. The minimum Gasteiger partial charge on any atom is -0.207 e. The van der Waals surface area contributed by atoms with Crippen molar-refractivity contribution in [3.8, 4) is 11.8 Å². The van der Waals surface area contributed by atoms with Crippen LogP contribution in [0.4, 0.5) is 13.2 Å². The Bertz CT molecular complexity index is 1100. The second-order valence-electron chi connectivity index (χ2n) is 10.3. The lowest BCUT2D eigenvalue weighted by Gasteiger charge is -2.42. The summed E-state index contributed by atoms with van der Waals surface area (Å²) in [7, 11) is 0. The third-order valence-corrected chi connectivity index (χ3v) is 8.04. The van der Waals surface area contributed by atoms with Gasteiger partial charge in [0.25, 0.3) is 0 Å². The first-order valence-corrected chi connectivity index (χ1v) is 13.0. The van der Waals surface area contributed by atoms with E-state index in [2.05, 4.69) is 25.0 Å². The summed E-state index contributed by atoms with van der Waals surface area (Å²) in [6, 6.07) is 7.60. The molecule has 0 bridgehead atoms. The van der Waals surface area contributed by atoms with Crippen molar-refractivity contribution < 1.29 is 13.2 Å². The number of hydrogen-bond donors (Lipinski definition) is 0. The highest BCUT2D eigenvalue weighted by Crippen LogP contribution is 2.48. The topological polar surface area (TPSA) is 0 Å². The van der Waals surface area contributed by atoms with Gasteiger partial charge >= 0.3 is 0 Å². The number of benzene rings is 2. The number of aryl methyl sites for hydroxylation is 1. The molecular weight excluding hydrogens is 441 g/mol. The SMILES string of the molecule is C=CCCc1ccc(C#Cc2c(F)cc(C3CCC4CC(CCC=C)CCC4C3)cc2F)cc1F. The summed E-state index contributed by atoms with van der Waals surface area (Å²) in [6.07, 6.45) is 14.2. The van der Waals surface area contributed by atoms with E-state index in [4.69, 9.17) is 0 Å². The number of halogens is 3. The van der Waals surface area contributed by atoms with E-state index < -0.39 is 11.6 Å². The van der Waals surface area contributed by atoms with Crippen molar-refractivity contribution in [3.05, 3.63) is 95.3 Å². The predicted molar refractivity (Wildman–Crippen MR) is 138 cm³/mol. The Morgan fingerprint density at radius 2 is 1.51 bits per heavy atom. The second-order valence-corrected chi connectivity index (χ2v) is 10.3. The van der Waals surface area contributed by atoms with Gasteiger partial charge in [0.2, 0.25) is 0 Å². The summed E-state index contributed by atoms with van der Waals surface area (Å²) in [5.41, 5.74) is 1.48. The number of allylic oxidation sites excluding steroid dienone is 2. The van der Waals surface area contributed by atoms with Crippen LogP contribution in [0.3, 0.4) is 0 Å². The minimum absolute atomic E-state index is 0.198. The molecular formula is C32H35F3. The summed E-state index contributed by atoms with van der Waals surface area (Å²) in [6.45, 7) is 7.49. The molecule has 3 heteroatoms. The smallest absolute Gasteiger partial charge is 0.142 e. The van der Waals surface area contributed by atoms with Crippen LogP contribution in [-0.2, 0) is 6.42 Å². The van der Waals surface area contributed by atoms with Gasteiger partial charge in [-0.3, -0.25) is 0 Å². The van der Waals surface area contributed by atoms with Crippen molar-refractivity contribution in [1.82, 2.24) is 0 Å². The molecule has 0 aromatic heterocycles. The zero-order valence-corrected chi connectivity index (χ0v) is 20.5. The molecule has 0 spiro atoms. The number of hydrogen-bond acceptors (Lipinski definition) is 0. The first-order chi connectivity index (χ1) is 17.0. The lowest BCUT2D eigenvalue weighted by Crippen LogP contribution is -2.30. The third kappa shape index (κ3) is 6.29. The summed E-state index contributed by atoms with van der Waals surface area (Å²) in [5.74, 6) is 6.10. The van der Waals surface area contributed by atoms with Gasteiger partial charge < -0.3 is 0 Å². The van der Waals surface area contributed by atoms with E-state index >= 15 is 0 Å². The van der Waals surface area contributed by atoms with Crippen LogP contribution in [0.2, 0.25) is 0 Å². The molecule has 2 fully saturated rings. The van der Waals surface area contributed by atoms with Crippen LogP contribution < -0.4 is 0 Å². The Kier molecular flexibility index (Phi) is 8.55. The zero-order valence-electron chi connectivity index (χ0n) is 20.5. The molecule has 0 nitrogen and oxygen atoms in total. The van der Waals surface area contributed by atoms with Gasteiger partial charge in [0.1, 0.15) is 17.5 Å². The number of rotatable bonds is 7. The zero-order chi connectivity index (χ0) is 24.8. The highest BCUT2D eigenvalue weighted by atomic mass is 19.1. The Hall–Kier alpha value is -2.73. The molecule has 2 aromatic carbocycles. The van der Waals surface area contributed by atoms with E-state index in [9.17, 15) is 13.2 Å². The average Bonchev–Trinajstić information content (AvgIpc) is 2.86. The van der Waals surface area contributed by atoms with Crippen LogP contribution in [0.15, 0.2) is 55.6 Å². The van der Waals surface area contributed by atoms with Gasteiger partial charge in [-0.1, -0.05) is 36.5 Å². The maximum atomic E-state index is 14.9. The molecule has 0 N–H and O–H groups in total. The van der Waals surface area contributed by atoms with E-state index in [1.165, 1.54) is 43.9 Å². The maximum absolute atomic E-state index is 14.9. The van der Waals surface area contributed by atoms with Gasteiger partial charge in [0, 0.05) is 5.56 Å². The normalized spacial score (nSPS) is 23.6. The van der Waals surface area contributed by atoms with Gasteiger partial charge in [-0.2, -0.15) is 0 Å². The van der Waals surface area contributed by atoms with Crippen molar-refractivity contribution in [2.75, 3.05) is 0 Å². The Balaban J connectivity index is 1.43. The van der Waals surface area contributed by atoms with Crippen LogP contribution >= 0.6 is 0 Å². The lowest BCUT2D eigenvalue weighted by atomic mass is 9.63. The molecule has 184 valence electrons. The Morgan fingerprint density at radius 3 is 2.23 bits per heavy atom. The van der Waals surface area contributed by atoms with Gasteiger partial charge in [-0.15, -0.1) is 13.2 Å². The maximum Gasteiger partial charge on any atom is 0.142 e. The molecule has 4 atom stereocenters. The van der Waals surface area contributed by atoms with Gasteiger partial charge in [-0.25, -0.2) is 13.2 Å². The molecule has 0 radical (unpaired) electrons. The fourth-order valence-corrected chi connectivity index (χ4v) is 6.07. The quantitative estimate of drug-likeness (QED) is 0.276. The standard InChI is InChI=1S/C32H35F3/c1-3-5-7-22-10-13-26-19-27(15-14-25(26)17-22)28-20-31(34)29(32(35)21-28)16-11-23-9-12-24(8-6-4-2)30(33)18-23/h3-4,9,12,18,20-22,25-27H,1-2,5-8,10,13-15,17,19H2. The van der Waals surface area contributed by atoms with E-state index in [0.29, 0.717) is 29.9 Å². The molecule has 2 saturated carbocycles. The van der Waals surface area contributed by atoms with E-state index in [-0.39, 0.29) is 17.3 Å². The van der Waals surface area contributed by atoms with Crippen molar-refractivity contribution in [1.29, 1.82) is 0 Å². The van der Waals surface area contributed by atoms with E-state index in [0.717, 1.165) is 43.1 Å². The van der Waals surface area contributed by atoms with Crippen molar-refractivity contribution in [3.63, 3.8) is 0 Å². The highest BCUT2D eigenvalue weighted by molar-refractivity contribution is 5.46. The highest BCUT2D eigenvalue weighted by Gasteiger charge is 2.36. The Morgan fingerprint density at radius 1 is 0.800 bits per heavy atom. The van der Waals surface area contributed by atoms with Gasteiger partial charge in [0.15, 0.2) is 0 Å². The number of fused-ring (bicyclic) bond motifs is 1. The van der Waals surface area contributed by atoms with Crippen LogP contribution in [0, 0.1) is 47.0 Å². The Labute approximate surface area is 208 Å². The molecule has 0 amide bonds. The lowest BCUT2D eigenvalue weighted by molar-refractivity contribution is 0.115. The fraction of sp³-hybridized carbons (Fsp3) is 0.438. The predicted octanol–water partition coefficient (Wildman–Crippen LogP) is 8.89. The van der Waals surface area contributed by atoms with Crippen molar-refractivity contribution in [2.45, 2.75) is 70.1 Å². The molecule has 0 aliphatic heterocycles. The molecule has 2 aromatic rings. The second kappa shape index (κ2) is 11.8.